The van der Waals surface area contributed by atoms with Crippen LogP contribution in [0.3, 0.4) is 0 Å². The maximum absolute atomic E-state index is 5.49. The second kappa shape index (κ2) is 5.09. The van der Waals surface area contributed by atoms with Crippen molar-refractivity contribution in [2.75, 3.05) is 12.3 Å². The lowest BCUT2D eigenvalue weighted by molar-refractivity contribution is 0.304. The molecule has 0 aromatic carbocycles. The van der Waals surface area contributed by atoms with Gasteiger partial charge in [-0.1, -0.05) is 6.92 Å². The van der Waals surface area contributed by atoms with Gasteiger partial charge in [0.05, 0.1) is 6.61 Å². The van der Waals surface area contributed by atoms with E-state index >= 15 is 0 Å². The van der Waals surface area contributed by atoms with Crippen LogP contribution in [0.1, 0.15) is 13.3 Å². The monoisotopic (exact) mass is 298 g/mol. The lowest BCUT2D eigenvalue weighted by atomic mass is 10.5. The van der Waals surface area contributed by atoms with Crippen molar-refractivity contribution in [1.82, 2.24) is 24.7 Å². The Bertz CT molecular complexity index is 514. The van der Waals surface area contributed by atoms with Crippen molar-refractivity contribution in [3.8, 4) is 11.7 Å². The van der Waals surface area contributed by atoms with Crippen molar-refractivity contribution in [1.29, 1.82) is 0 Å². The van der Waals surface area contributed by atoms with E-state index in [1.54, 1.807) is 6.07 Å². The van der Waals surface area contributed by atoms with Crippen LogP contribution in [0.2, 0.25) is 0 Å². The predicted molar refractivity (Wildman–Crippen MR) is 64.8 cm³/mol. The minimum absolute atomic E-state index is 0.173. The summed E-state index contributed by atoms with van der Waals surface area (Å²) in [5.74, 6) is 1.21. The third-order valence-electron chi connectivity index (χ3n) is 1.88. The van der Waals surface area contributed by atoms with Gasteiger partial charge in [0.2, 0.25) is 16.6 Å². The number of aromatic nitrogens is 5. The summed E-state index contributed by atoms with van der Waals surface area (Å²) in [6.45, 7) is 2.63. The van der Waals surface area contributed by atoms with E-state index in [0.29, 0.717) is 23.0 Å². The van der Waals surface area contributed by atoms with Gasteiger partial charge >= 0.3 is 0 Å². The van der Waals surface area contributed by atoms with Gasteiger partial charge in [0.25, 0.3) is 0 Å². The fraction of sp³-hybridized carbons (Fsp3) is 0.333. The predicted octanol–water partition coefficient (Wildman–Crippen LogP) is 1.19. The molecular weight excluding hydrogens is 288 g/mol. The van der Waals surface area contributed by atoms with Crippen molar-refractivity contribution in [3.63, 3.8) is 0 Å². The molecule has 2 rings (SSSR count). The van der Waals surface area contributed by atoms with Gasteiger partial charge in [-0.25, -0.2) is 9.97 Å². The molecule has 17 heavy (non-hydrogen) atoms. The lowest BCUT2D eigenvalue weighted by Crippen LogP contribution is -2.04. The van der Waals surface area contributed by atoms with Crippen LogP contribution in [-0.4, -0.2) is 31.3 Å². The minimum Gasteiger partial charge on any atom is -0.478 e. The number of hydrogen-bond donors (Lipinski definition) is 1. The highest BCUT2D eigenvalue weighted by Gasteiger charge is 2.09. The van der Waals surface area contributed by atoms with Crippen LogP contribution in [-0.2, 0) is 0 Å². The molecule has 0 amide bonds. The van der Waals surface area contributed by atoms with Crippen molar-refractivity contribution in [2.45, 2.75) is 13.3 Å². The standard InChI is InChI=1S/C9H11BrN6O/c1-2-3-17-7-4-6(12-5-13-7)16-8(10)14-9(11)15-16/h4-5H,2-3H2,1H3,(H2,11,15). The van der Waals surface area contributed by atoms with E-state index in [1.807, 2.05) is 6.92 Å². The number of nitrogens with zero attached hydrogens (tertiary/aromatic N) is 5. The molecule has 8 heteroatoms. The molecule has 0 unspecified atom stereocenters. The first-order chi connectivity index (χ1) is 8.20. The molecule has 0 aliphatic rings. The molecule has 0 fully saturated rings. The average molecular weight is 299 g/mol. The van der Waals surface area contributed by atoms with Crippen LogP contribution in [0.25, 0.3) is 5.82 Å². The Morgan fingerprint density at radius 1 is 1.47 bits per heavy atom. The van der Waals surface area contributed by atoms with Crippen LogP contribution in [0.4, 0.5) is 5.95 Å². The van der Waals surface area contributed by atoms with Gasteiger partial charge in [-0.2, -0.15) is 9.67 Å². The first-order valence-corrected chi connectivity index (χ1v) is 5.83. The zero-order valence-corrected chi connectivity index (χ0v) is 10.8. The van der Waals surface area contributed by atoms with Gasteiger partial charge in [0.15, 0.2) is 5.82 Å². The fourth-order valence-corrected chi connectivity index (χ4v) is 1.63. The van der Waals surface area contributed by atoms with Gasteiger partial charge in [-0.05, 0) is 22.4 Å². The molecule has 2 N–H and O–H groups in total. The van der Waals surface area contributed by atoms with Crippen LogP contribution in [0.15, 0.2) is 17.1 Å². The molecule has 0 bridgehead atoms. The van der Waals surface area contributed by atoms with Crippen LogP contribution in [0, 0.1) is 0 Å². The van der Waals surface area contributed by atoms with Gasteiger partial charge in [-0.3, -0.25) is 0 Å². The summed E-state index contributed by atoms with van der Waals surface area (Å²) in [6.07, 6.45) is 2.32. The summed E-state index contributed by atoms with van der Waals surface area (Å²) < 4.78 is 7.35. The molecule has 0 saturated carbocycles. The Balaban J connectivity index is 2.29. The smallest absolute Gasteiger partial charge is 0.240 e. The summed E-state index contributed by atoms with van der Waals surface area (Å²) in [6, 6.07) is 1.68. The second-order valence-corrected chi connectivity index (χ2v) is 3.92. The number of anilines is 1. The van der Waals surface area contributed by atoms with Crippen LogP contribution < -0.4 is 10.5 Å². The average Bonchev–Trinajstić information content (AvgIpc) is 2.66. The number of hydrogen-bond acceptors (Lipinski definition) is 6. The Morgan fingerprint density at radius 3 is 2.94 bits per heavy atom. The SMILES string of the molecule is CCCOc1cc(-n2nc(N)nc2Br)ncn1. The number of halogens is 1. The van der Waals surface area contributed by atoms with E-state index < -0.39 is 0 Å². The largest absolute Gasteiger partial charge is 0.478 e. The summed E-state index contributed by atoms with van der Waals surface area (Å²) in [7, 11) is 0. The maximum atomic E-state index is 5.49. The first kappa shape index (κ1) is 11.8. The number of nitrogens with two attached hydrogens (primary N) is 1. The molecule has 0 atom stereocenters. The molecule has 90 valence electrons. The molecule has 0 aliphatic carbocycles. The minimum atomic E-state index is 0.173. The molecule has 0 aliphatic heterocycles. The van der Waals surface area contributed by atoms with E-state index in [2.05, 4.69) is 36.0 Å². The van der Waals surface area contributed by atoms with Crippen LogP contribution >= 0.6 is 15.9 Å². The molecule has 2 aromatic rings. The molecule has 0 spiro atoms. The number of ether oxygens (including phenoxy) is 1. The molecular formula is C9H11BrN6O. The van der Waals surface area contributed by atoms with Crippen molar-refractivity contribution in [3.05, 3.63) is 17.1 Å². The van der Waals surface area contributed by atoms with E-state index in [4.69, 9.17) is 10.5 Å². The third-order valence-corrected chi connectivity index (χ3v) is 2.40. The summed E-state index contributed by atoms with van der Waals surface area (Å²) >= 11 is 3.24. The Morgan fingerprint density at radius 2 is 2.29 bits per heavy atom. The van der Waals surface area contributed by atoms with Gasteiger partial charge < -0.3 is 10.5 Å². The molecule has 0 saturated heterocycles. The maximum Gasteiger partial charge on any atom is 0.240 e. The lowest BCUT2D eigenvalue weighted by Gasteiger charge is -2.05. The molecule has 2 aromatic heterocycles. The highest BCUT2D eigenvalue weighted by molar-refractivity contribution is 9.10. The van der Waals surface area contributed by atoms with E-state index in [9.17, 15) is 0 Å². The van der Waals surface area contributed by atoms with Crippen LogP contribution in [0.5, 0.6) is 5.88 Å². The summed E-state index contributed by atoms with van der Waals surface area (Å²) in [4.78, 5) is 12.0. The van der Waals surface area contributed by atoms with Gasteiger partial charge in [-0.15, -0.1) is 5.10 Å². The Labute approximate surface area is 106 Å². The molecule has 7 nitrogen and oxygen atoms in total. The topological polar surface area (TPSA) is 91.7 Å². The fourth-order valence-electron chi connectivity index (χ4n) is 1.19. The zero-order chi connectivity index (χ0) is 12.3. The zero-order valence-electron chi connectivity index (χ0n) is 9.17. The summed E-state index contributed by atoms with van der Waals surface area (Å²) in [5, 5.41) is 3.99. The van der Waals surface area contributed by atoms with Gasteiger partial charge in [0.1, 0.15) is 6.33 Å². The highest BCUT2D eigenvalue weighted by atomic mass is 79.9. The second-order valence-electron chi connectivity index (χ2n) is 3.21. The Kier molecular flexibility index (Phi) is 3.52. The normalized spacial score (nSPS) is 10.5. The molecule has 2 heterocycles. The molecule has 0 radical (unpaired) electrons. The van der Waals surface area contributed by atoms with Crippen molar-refractivity contribution in [2.24, 2.45) is 0 Å². The van der Waals surface area contributed by atoms with E-state index in [0.717, 1.165) is 6.42 Å². The Hall–Kier alpha value is -1.70. The third kappa shape index (κ3) is 2.70. The van der Waals surface area contributed by atoms with E-state index in [-0.39, 0.29) is 5.95 Å². The summed E-state index contributed by atoms with van der Waals surface area (Å²) in [5.41, 5.74) is 5.49. The highest BCUT2D eigenvalue weighted by Crippen LogP contribution is 2.16. The van der Waals surface area contributed by atoms with Crippen molar-refractivity contribution < 1.29 is 4.74 Å². The van der Waals surface area contributed by atoms with Crippen molar-refractivity contribution >= 4 is 21.9 Å². The first-order valence-electron chi connectivity index (χ1n) is 5.04. The number of rotatable bonds is 4. The van der Waals surface area contributed by atoms with E-state index in [1.165, 1.54) is 11.0 Å². The number of nitrogen functional groups attached to an aromatic ring is 1. The van der Waals surface area contributed by atoms with Gasteiger partial charge in [0, 0.05) is 6.07 Å². The quantitative estimate of drug-likeness (QED) is 0.911.